The number of benzene rings is 1. The van der Waals surface area contributed by atoms with Gasteiger partial charge in [0, 0.05) is 11.1 Å². The minimum atomic E-state index is 0.420. The molecule has 4 heteroatoms. The van der Waals surface area contributed by atoms with Crippen molar-refractivity contribution in [3.8, 4) is 0 Å². The second kappa shape index (κ2) is 3.56. The zero-order valence-corrected chi connectivity index (χ0v) is 9.84. The van der Waals surface area contributed by atoms with E-state index in [1.165, 1.54) is 0 Å². The number of H-pyrrole nitrogens is 1. The van der Waals surface area contributed by atoms with Gasteiger partial charge in [-0.1, -0.05) is 12.1 Å². The normalized spacial score (nSPS) is 20.3. The minimum Gasteiger partial charge on any atom is -0.397 e. The van der Waals surface area contributed by atoms with Gasteiger partial charge in [0.05, 0.1) is 22.9 Å². The summed E-state index contributed by atoms with van der Waals surface area (Å²) >= 11 is 1.80. The van der Waals surface area contributed by atoms with Crippen molar-refractivity contribution in [2.45, 2.75) is 13.0 Å². The van der Waals surface area contributed by atoms with Crippen LogP contribution in [0.5, 0.6) is 0 Å². The Morgan fingerprint density at radius 3 is 3.06 bits per heavy atom. The van der Waals surface area contributed by atoms with E-state index >= 15 is 0 Å². The number of nitrogens with zero attached hydrogens (tertiary/aromatic N) is 1. The molecule has 16 heavy (non-hydrogen) atoms. The number of hydrogen-bond donors (Lipinski definition) is 2. The molecule has 1 atom stereocenters. The zero-order chi connectivity index (χ0) is 11.1. The number of nitrogens with one attached hydrogen (secondary N) is 1. The van der Waals surface area contributed by atoms with Crippen LogP contribution < -0.4 is 5.73 Å². The summed E-state index contributed by atoms with van der Waals surface area (Å²) in [7, 11) is 0. The lowest BCUT2D eigenvalue weighted by molar-refractivity contribution is 0.865. The summed E-state index contributed by atoms with van der Waals surface area (Å²) < 4.78 is 0. The van der Waals surface area contributed by atoms with Gasteiger partial charge in [0.15, 0.2) is 0 Å². The van der Waals surface area contributed by atoms with E-state index in [-0.39, 0.29) is 0 Å². The maximum Gasteiger partial charge on any atom is 0.114 e. The third-order valence-electron chi connectivity index (χ3n) is 2.72. The van der Waals surface area contributed by atoms with E-state index in [4.69, 9.17) is 5.73 Å². The fourth-order valence-electron chi connectivity index (χ4n) is 1.92. The van der Waals surface area contributed by atoms with Gasteiger partial charge in [-0.2, -0.15) is 0 Å². The summed E-state index contributed by atoms with van der Waals surface area (Å²) in [6.45, 7) is 2.14. The molecular weight excluding hydrogens is 218 g/mol. The molecule has 0 saturated carbocycles. The SMILES string of the molecule is C[C@@H]1CSC(c2cc3cccc(N)c3[nH]2)=N1. The number of aliphatic imine (C=N–C) groups is 1. The Labute approximate surface area is 98.1 Å². The summed E-state index contributed by atoms with van der Waals surface area (Å²) in [6, 6.07) is 8.49. The van der Waals surface area contributed by atoms with Crippen LogP contribution in [-0.4, -0.2) is 21.8 Å². The summed E-state index contributed by atoms with van der Waals surface area (Å²) in [6.07, 6.45) is 0. The number of aromatic amines is 1. The number of thioether (sulfide) groups is 1. The molecule has 0 radical (unpaired) electrons. The molecule has 3 rings (SSSR count). The minimum absolute atomic E-state index is 0.420. The van der Waals surface area contributed by atoms with Crippen LogP contribution in [0, 0.1) is 0 Å². The topological polar surface area (TPSA) is 54.2 Å². The summed E-state index contributed by atoms with van der Waals surface area (Å²) in [5, 5.41) is 2.25. The number of nitrogens with two attached hydrogens (primary N) is 1. The van der Waals surface area contributed by atoms with Crippen LogP contribution in [0.1, 0.15) is 12.6 Å². The Bertz CT molecular complexity index is 571. The van der Waals surface area contributed by atoms with E-state index in [1.807, 2.05) is 12.1 Å². The van der Waals surface area contributed by atoms with Crippen LogP contribution in [-0.2, 0) is 0 Å². The Morgan fingerprint density at radius 2 is 2.38 bits per heavy atom. The Morgan fingerprint density at radius 1 is 1.50 bits per heavy atom. The van der Waals surface area contributed by atoms with Gasteiger partial charge in [-0.05, 0) is 19.1 Å². The van der Waals surface area contributed by atoms with Crippen molar-refractivity contribution < 1.29 is 0 Å². The van der Waals surface area contributed by atoms with Crippen molar-refractivity contribution in [2.75, 3.05) is 11.5 Å². The van der Waals surface area contributed by atoms with Gasteiger partial charge in [0.1, 0.15) is 5.04 Å². The van der Waals surface area contributed by atoms with Crippen LogP contribution in [0.15, 0.2) is 29.3 Å². The molecule has 1 aromatic carbocycles. The lowest BCUT2D eigenvalue weighted by Crippen LogP contribution is -1.93. The van der Waals surface area contributed by atoms with E-state index in [2.05, 4.69) is 29.0 Å². The molecule has 1 aromatic heterocycles. The van der Waals surface area contributed by atoms with Crippen molar-refractivity contribution in [3.05, 3.63) is 30.0 Å². The van der Waals surface area contributed by atoms with E-state index in [9.17, 15) is 0 Å². The molecule has 2 heterocycles. The molecule has 2 aromatic rings. The second-order valence-corrected chi connectivity index (χ2v) is 5.10. The molecule has 0 aliphatic carbocycles. The van der Waals surface area contributed by atoms with Crippen molar-refractivity contribution in [2.24, 2.45) is 4.99 Å². The van der Waals surface area contributed by atoms with Gasteiger partial charge < -0.3 is 10.7 Å². The summed E-state index contributed by atoms with van der Waals surface area (Å²) in [5.41, 5.74) is 8.81. The van der Waals surface area contributed by atoms with Gasteiger partial charge in [-0.15, -0.1) is 11.8 Å². The highest BCUT2D eigenvalue weighted by atomic mass is 32.2. The third-order valence-corrected chi connectivity index (χ3v) is 3.97. The molecule has 3 nitrogen and oxygen atoms in total. The van der Waals surface area contributed by atoms with Crippen LogP contribution in [0.2, 0.25) is 0 Å². The number of para-hydroxylation sites is 1. The van der Waals surface area contributed by atoms with E-state index in [1.54, 1.807) is 11.8 Å². The van der Waals surface area contributed by atoms with Crippen LogP contribution in [0.4, 0.5) is 5.69 Å². The largest absolute Gasteiger partial charge is 0.397 e. The quantitative estimate of drug-likeness (QED) is 0.741. The maximum absolute atomic E-state index is 5.92. The monoisotopic (exact) mass is 231 g/mol. The van der Waals surface area contributed by atoms with E-state index in [0.717, 1.165) is 33.1 Å². The maximum atomic E-state index is 5.92. The lowest BCUT2D eigenvalue weighted by atomic mass is 10.2. The first-order valence-corrected chi connectivity index (χ1v) is 6.31. The Kier molecular flexibility index (Phi) is 2.17. The molecule has 0 saturated heterocycles. The van der Waals surface area contributed by atoms with Gasteiger partial charge in [0.2, 0.25) is 0 Å². The number of nitrogen functional groups attached to an aromatic ring is 1. The van der Waals surface area contributed by atoms with Crippen LogP contribution >= 0.6 is 11.8 Å². The molecule has 0 bridgehead atoms. The predicted octanol–water partition coefficient (Wildman–Crippen LogP) is 2.63. The first-order valence-electron chi connectivity index (χ1n) is 5.32. The second-order valence-electron chi connectivity index (χ2n) is 4.09. The van der Waals surface area contributed by atoms with Gasteiger partial charge in [0.25, 0.3) is 0 Å². The number of anilines is 1. The average molecular weight is 231 g/mol. The molecule has 3 N–H and O–H groups in total. The first kappa shape index (κ1) is 9.78. The van der Waals surface area contributed by atoms with Gasteiger partial charge in [-0.25, -0.2) is 0 Å². The number of hydrogen-bond acceptors (Lipinski definition) is 3. The highest BCUT2D eigenvalue weighted by Crippen LogP contribution is 2.27. The highest BCUT2D eigenvalue weighted by molar-refractivity contribution is 8.14. The van der Waals surface area contributed by atoms with Crippen molar-refractivity contribution in [1.29, 1.82) is 0 Å². The Balaban J connectivity index is 2.12. The number of aromatic nitrogens is 1. The van der Waals surface area contributed by atoms with Crippen LogP contribution in [0.25, 0.3) is 10.9 Å². The smallest absolute Gasteiger partial charge is 0.114 e. The fourth-order valence-corrected chi connectivity index (χ4v) is 2.91. The predicted molar refractivity (Wildman–Crippen MR) is 71.2 cm³/mol. The number of fused-ring (bicyclic) bond motifs is 1. The molecule has 0 fully saturated rings. The molecule has 0 spiro atoms. The highest BCUT2D eigenvalue weighted by Gasteiger charge is 2.17. The van der Waals surface area contributed by atoms with Crippen molar-refractivity contribution >= 4 is 33.4 Å². The van der Waals surface area contributed by atoms with Crippen molar-refractivity contribution in [3.63, 3.8) is 0 Å². The summed E-state index contributed by atoms with van der Waals surface area (Å²) in [5.74, 6) is 1.07. The lowest BCUT2D eigenvalue weighted by Gasteiger charge is -1.95. The molecule has 1 aliphatic rings. The van der Waals surface area contributed by atoms with Gasteiger partial charge in [-0.3, -0.25) is 4.99 Å². The molecule has 0 amide bonds. The van der Waals surface area contributed by atoms with E-state index < -0.39 is 0 Å². The fraction of sp³-hybridized carbons (Fsp3) is 0.250. The summed E-state index contributed by atoms with van der Waals surface area (Å²) in [4.78, 5) is 7.94. The van der Waals surface area contributed by atoms with Crippen molar-refractivity contribution in [1.82, 2.24) is 4.98 Å². The molecule has 1 aliphatic heterocycles. The van der Waals surface area contributed by atoms with Crippen LogP contribution in [0.3, 0.4) is 0 Å². The standard InChI is InChI=1S/C12H13N3S/c1-7-6-16-12(14-7)10-5-8-3-2-4-9(13)11(8)15-10/h2-5,7,15H,6,13H2,1H3/t7-/m1/s1. The Hall–Kier alpha value is -1.42. The third kappa shape index (κ3) is 1.50. The molecule has 0 unspecified atom stereocenters. The molecular formula is C12H13N3S. The first-order chi connectivity index (χ1) is 7.74. The number of rotatable bonds is 1. The van der Waals surface area contributed by atoms with E-state index in [0.29, 0.717) is 6.04 Å². The zero-order valence-electron chi connectivity index (χ0n) is 9.03. The van der Waals surface area contributed by atoms with Gasteiger partial charge >= 0.3 is 0 Å². The molecule has 82 valence electrons. The average Bonchev–Trinajstić information content (AvgIpc) is 2.84.